The summed E-state index contributed by atoms with van der Waals surface area (Å²) in [5, 5.41) is 0.878. The molecule has 0 atom stereocenters. The molecule has 0 N–H and O–H groups in total. The third kappa shape index (κ3) is 3.64. The van der Waals surface area contributed by atoms with Crippen LogP contribution in [0.2, 0.25) is 0 Å². The fourth-order valence-corrected chi connectivity index (χ4v) is 3.39. The van der Waals surface area contributed by atoms with Crippen molar-refractivity contribution in [1.29, 1.82) is 0 Å². The highest BCUT2D eigenvalue weighted by molar-refractivity contribution is 6.11. The SMILES string of the molecule is CN(C(=O)c1c(-c2ccccc2)cccc1C(F)(F)F)c1ccc2ccccc2n1. The van der Waals surface area contributed by atoms with Gasteiger partial charge in [0.15, 0.2) is 0 Å². The first-order valence-corrected chi connectivity index (χ1v) is 9.26. The summed E-state index contributed by atoms with van der Waals surface area (Å²) in [6, 6.07) is 23.1. The van der Waals surface area contributed by atoms with Crippen LogP contribution >= 0.6 is 0 Å². The third-order valence-electron chi connectivity index (χ3n) is 4.90. The van der Waals surface area contributed by atoms with E-state index in [1.165, 1.54) is 19.2 Å². The van der Waals surface area contributed by atoms with Crippen LogP contribution in [0.3, 0.4) is 0 Å². The molecule has 0 bridgehead atoms. The van der Waals surface area contributed by atoms with Crippen molar-refractivity contribution in [2.75, 3.05) is 11.9 Å². The van der Waals surface area contributed by atoms with E-state index in [9.17, 15) is 18.0 Å². The molecule has 0 fully saturated rings. The molecule has 0 aliphatic heterocycles. The molecule has 30 heavy (non-hydrogen) atoms. The molecule has 1 aromatic heterocycles. The summed E-state index contributed by atoms with van der Waals surface area (Å²) in [5.74, 6) is -0.501. The van der Waals surface area contributed by atoms with Crippen LogP contribution in [0.4, 0.5) is 19.0 Å². The maximum atomic E-state index is 13.8. The highest BCUT2D eigenvalue weighted by Gasteiger charge is 2.37. The van der Waals surface area contributed by atoms with Gasteiger partial charge < -0.3 is 0 Å². The van der Waals surface area contributed by atoms with E-state index in [1.54, 1.807) is 48.5 Å². The van der Waals surface area contributed by atoms with E-state index in [0.29, 0.717) is 11.1 Å². The highest BCUT2D eigenvalue weighted by atomic mass is 19.4. The van der Waals surface area contributed by atoms with Crippen molar-refractivity contribution in [3.8, 4) is 11.1 Å². The average molecular weight is 406 g/mol. The van der Waals surface area contributed by atoms with E-state index in [-0.39, 0.29) is 11.4 Å². The molecule has 1 amide bonds. The topological polar surface area (TPSA) is 33.2 Å². The first-order valence-electron chi connectivity index (χ1n) is 9.26. The number of rotatable bonds is 3. The zero-order valence-electron chi connectivity index (χ0n) is 16.0. The van der Waals surface area contributed by atoms with Gasteiger partial charge in [-0.15, -0.1) is 0 Å². The molecule has 4 rings (SSSR count). The number of amides is 1. The van der Waals surface area contributed by atoms with Crippen LogP contribution in [-0.2, 0) is 6.18 Å². The Labute approximate surface area is 171 Å². The summed E-state index contributed by atoms with van der Waals surface area (Å²) >= 11 is 0. The number of carbonyl (C=O) groups excluding carboxylic acids is 1. The number of nitrogens with zero attached hydrogens (tertiary/aromatic N) is 2. The minimum atomic E-state index is -4.67. The smallest absolute Gasteiger partial charge is 0.296 e. The van der Waals surface area contributed by atoms with Gasteiger partial charge in [-0.05, 0) is 35.4 Å². The summed E-state index contributed by atoms with van der Waals surface area (Å²) in [6.07, 6.45) is -4.67. The van der Waals surface area contributed by atoms with E-state index in [0.717, 1.165) is 16.4 Å². The molecule has 4 aromatic rings. The molecule has 0 aliphatic carbocycles. The van der Waals surface area contributed by atoms with Crippen molar-refractivity contribution in [3.63, 3.8) is 0 Å². The van der Waals surface area contributed by atoms with E-state index in [2.05, 4.69) is 4.98 Å². The van der Waals surface area contributed by atoms with Crippen molar-refractivity contribution >= 4 is 22.6 Å². The van der Waals surface area contributed by atoms with Gasteiger partial charge in [0.05, 0.1) is 16.6 Å². The van der Waals surface area contributed by atoms with Crippen LogP contribution in [0.15, 0.2) is 84.9 Å². The van der Waals surface area contributed by atoms with Crippen LogP contribution in [0.1, 0.15) is 15.9 Å². The predicted molar refractivity (Wildman–Crippen MR) is 111 cm³/mol. The Hall–Kier alpha value is -3.67. The molecule has 150 valence electrons. The van der Waals surface area contributed by atoms with Gasteiger partial charge in [-0.3, -0.25) is 9.69 Å². The molecule has 0 unspecified atom stereocenters. The Balaban J connectivity index is 1.86. The molecule has 0 aliphatic rings. The first kappa shape index (κ1) is 19.6. The number of aromatic nitrogens is 1. The van der Waals surface area contributed by atoms with Crippen molar-refractivity contribution < 1.29 is 18.0 Å². The maximum absolute atomic E-state index is 13.8. The number of halogens is 3. The standard InChI is InChI=1S/C24H17F3N2O/c1-29(21-15-14-17-10-5-6-13-20(17)28-21)23(30)22-18(16-8-3-2-4-9-16)11-7-12-19(22)24(25,26)27/h2-15H,1H3. The lowest BCUT2D eigenvalue weighted by atomic mass is 9.94. The molecule has 0 radical (unpaired) electrons. The van der Waals surface area contributed by atoms with Gasteiger partial charge in [0.1, 0.15) is 5.82 Å². The first-order chi connectivity index (χ1) is 14.4. The number of benzene rings is 3. The van der Waals surface area contributed by atoms with Crippen molar-refractivity contribution in [2.24, 2.45) is 0 Å². The van der Waals surface area contributed by atoms with E-state index in [4.69, 9.17) is 0 Å². The van der Waals surface area contributed by atoms with Gasteiger partial charge >= 0.3 is 6.18 Å². The number of carbonyl (C=O) groups is 1. The molecule has 0 spiro atoms. The molecule has 3 nitrogen and oxygen atoms in total. The fourth-order valence-electron chi connectivity index (χ4n) is 3.39. The molecule has 1 heterocycles. The number of hydrogen-bond donors (Lipinski definition) is 0. The lowest BCUT2D eigenvalue weighted by molar-refractivity contribution is -0.137. The Morgan fingerprint density at radius 2 is 1.53 bits per heavy atom. The van der Waals surface area contributed by atoms with Gasteiger partial charge in [0, 0.05) is 12.4 Å². The summed E-state index contributed by atoms with van der Waals surface area (Å²) in [5.41, 5.74) is 0.0482. The number of fused-ring (bicyclic) bond motifs is 1. The second-order valence-electron chi connectivity index (χ2n) is 6.82. The number of hydrogen-bond acceptors (Lipinski definition) is 2. The lowest BCUT2D eigenvalue weighted by Gasteiger charge is -2.22. The zero-order chi connectivity index (χ0) is 21.3. The molecular weight excluding hydrogens is 389 g/mol. The number of para-hydroxylation sites is 1. The molecule has 6 heteroatoms. The number of pyridine rings is 1. The Morgan fingerprint density at radius 1 is 0.833 bits per heavy atom. The fraction of sp³-hybridized carbons (Fsp3) is 0.0833. The van der Waals surface area contributed by atoms with Crippen molar-refractivity contribution in [1.82, 2.24) is 4.98 Å². The summed E-state index contributed by atoms with van der Waals surface area (Å²) in [4.78, 5) is 18.9. The maximum Gasteiger partial charge on any atom is 0.417 e. The second kappa shape index (κ2) is 7.63. The van der Waals surface area contributed by atoms with Crippen LogP contribution in [0, 0.1) is 0 Å². The van der Waals surface area contributed by atoms with Gasteiger partial charge in [-0.1, -0.05) is 60.7 Å². The Kier molecular flexibility index (Phi) is 4.99. The molecule has 0 saturated heterocycles. The predicted octanol–water partition coefficient (Wildman–Crippen LogP) is 6.20. The van der Waals surface area contributed by atoms with Gasteiger partial charge in [0.25, 0.3) is 5.91 Å². The van der Waals surface area contributed by atoms with Crippen LogP contribution in [0.25, 0.3) is 22.0 Å². The highest BCUT2D eigenvalue weighted by Crippen LogP contribution is 2.37. The normalized spacial score (nSPS) is 11.5. The van der Waals surface area contributed by atoms with Crippen LogP contribution < -0.4 is 4.90 Å². The van der Waals surface area contributed by atoms with Crippen LogP contribution in [0.5, 0.6) is 0 Å². The molecule has 3 aromatic carbocycles. The van der Waals surface area contributed by atoms with Crippen LogP contribution in [-0.4, -0.2) is 17.9 Å². The minimum Gasteiger partial charge on any atom is -0.296 e. The quantitative estimate of drug-likeness (QED) is 0.406. The monoisotopic (exact) mass is 406 g/mol. The molecule has 0 saturated carbocycles. The second-order valence-corrected chi connectivity index (χ2v) is 6.82. The molecular formula is C24H17F3N2O. The summed E-state index contributed by atoms with van der Waals surface area (Å²) in [7, 11) is 1.43. The van der Waals surface area contributed by atoms with E-state index in [1.807, 2.05) is 18.2 Å². The van der Waals surface area contributed by atoms with Gasteiger partial charge in [0.2, 0.25) is 0 Å². The van der Waals surface area contributed by atoms with Gasteiger partial charge in [-0.2, -0.15) is 13.2 Å². The van der Waals surface area contributed by atoms with E-state index < -0.39 is 23.2 Å². The lowest BCUT2D eigenvalue weighted by Crippen LogP contribution is -2.30. The average Bonchev–Trinajstić information content (AvgIpc) is 2.77. The van der Waals surface area contributed by atoms with E-state index >= 15 is 0 Å². The third-order valence-corrected chi connectivity index (χ3v) is 4.90. The number of anilines is 1. The summed E-state index contributed by atoms with van der Waals surface area (Å²) in [6.45, 7) is 0. The summed E-state index contributed by atoms with van der Waals surface area (Å²) < 4.78 is 41.4. The largest absolute Gasteiger partial charge is 0.417 e. The van der Waals surface area contributed by atoms with Crippen molar-refractivity contribution in [2.45, 2.75) is 6.18 Å². The van der Waals surface area contributed by atoms with Crippen molar-refractivity contribution in [3.05, 3.63) is 96.1 Å². The Morgan fingerprint density at radius 3 is 2.27 bits per heavy atom. The minimum absolute atomic E-state index is 0.225. The zero-order valence-corrected chi connectivity index (χ0v) is 16.0. The van der Waals surface area contributed by atoms with Gasteiger partial charge in [-0.25, -0.2) is 4.98 Å². The number of alkyl halides is 3. The Bertz CT molecular complexity index is 1220.